The molecule has 0 aliphatic carbocycles. The van der Waals surface area contributed by atoms with E-state index in [1.54, 1.807) is 0 Å². The van der Waals surface area contributed by atoms with Crippen molar-refractivity contribution in [3.8, 4) is 0 Å². The Morgan fingerprint density at radius 1 is 1.25 bits per heavy atom. The molecule has 0 saturated carbocycles. The first-order chi connectivity index (χ1) is 7.58. The van der Waals surface area contributed by atoms with E-state index in [9.17, 15) is 4.39 Å². The number of nitrogens with zero attached hydrogens (tertiary/aromatic N) is 2. The molecule has 0 unspecified atom stereocenters. The van der Waals surface area contributed by atoms with Crippen molar-refractivity contribution in [1.29, 1.82) is 0 Å². The van der Waals surface area contributed by atoms with Gasteiger partial charge in [0.15, 0.2) is 11.6 Å². The molecule has 0 saturated heterocycles. The molecule has 0 aromatic carbocycles. The number of hydrogen-bond donors (Lipinski definition) is 4. The number of aromatic nitrogens is 2. The van der Waals surface area contributed by atoms with E-state index in [0.717, 1.165) is 6.33 Å². The van der Waals surface area contributed by atoms with Crippen LogP contribution in [0.15, 0.2) is 6.33 Å². The minimum atomic E-state index is -1.40. The molecule has 0 atom stereocenters. The summed E-state index contributed by atoms with van der Waals surface area (Å²) in [6.45, 7) is -0.200. The first-order valence-electron chi connectivity index (χ1n) is 4.66. The van der Waals surface area contributed by atoms with E-state index < -0.39 is 31.2 Å². The normalized spacial score (nSPS) is 11.6. The fourth-order valence-corrected chi connectivity index (χ4v) is 1.06. The monoisotopic (exact) mass is 231 g/mol. The lowest BCUT2D eigenvalue weighted by atomic mass is 10.0. The molecule has 1 rings (SSSR count). The summed E-state index contributed by atoms with van der Waals surface area (Å²) in [5, 5.41) is 29.6. The zero-order chi connectivity index (χ0) is 12.2. The number of rotatable bonds is 5. The number of aliphatic hydroxyl groups excluding tert-OH is 3. The van der Waals surface area contributed by atoms with Crippen molar-refractivity contribution >= 4 is 5.82 Å². The van der Waals surface area contributed by atoms with Gasteiger partial charge in [-0.2, -0.15) is 0 Å². The van der Waals surface area contributed by atoms with Gasteiger partial charge in [-0.1, -0.05) is 0 Å². The molecule has 90 valence electrons. The van der Waals surface area contributed by atoms with Gasteiger partial charge >= 0.3 is 0 Å². The molecule has 0 aliphatic rings. The Morgan fingerprint density at radius 3 is 2.31 bits per heavy atom. The van der Waals surface area contributed by atoms with Crippen LogP contribution in [0.5, 0.6) is 0 Å². The lowest BCUT2D eigenvalue weighted by Crippen LogP contribution is -2.49. The van der Waals surface area contributed by atoms with E-state index in [2.05, 4.69) is 15.3 Å². The summed E-state index contributed by atoms with van der Waals surface area (Å²) in [4.78, 5) is 7.27. The SMILES string of the molecule is Cc1ncnc(NC(CO)(CO)CO)c1F. The molecule has 7 heteroatoms. The van der Waals surface area contributed by atoms with Crippen molar-refractivity contribution in [3.63, 3.8) is 0 Å². The Bertz CT molecular complexity index is 350. The van der Waals surface area contributed by atoms with Crippen LogP contribution in [0.4, 0.5) is 10.2 Å². The molecule has 0 aliphatic heterocycles. The first kappa shape index (κ1) is 12.8. The maximum absolute atomic E-state index is 13.5. The molecule has 0 bridgehead atoms. The second-order valence-corrected chi connectivity index (χ2v) is 3.50. The zero-order valence-corrected chi connectivity index (χ0v) is 8.81. The molecule has 0 fully saturated rings. The van der Waals surface area contributed by atoms with E-state index >= 15 is 0 Å². The minimum Gasteiger partial charge on any atom is -0.394 e. The van der Waals surface area contributed by atoms with Crippen molar-refractivity contribution in [2.45, 2.75) is 12.5 Å². The van der Waals surface area contributed by atoms with Crippen LogP contribution in [0.3, 0.4) is 0 Å². The summed E-state index contributed by atoms with van der Waals surface area (Å²) in [6, 6.07) is 0. The Kier molecular flexibility index (Phi) is 4.11. The van der Waals surface area contributed by atoms with Crippen LogP contribution in [0.25, 0.3) is 0 Å². The third kappa shape index (κ3) is 2.43. The molecule has 16 heavy (non-hydrogen) atoms. The van der Waals surface area contributed by atoms with Crippen molar-refractivity contribution < 1.29 is 19.7 Å². The quantitative estimate of drug-likeness (QED) is 0.521. The number of aryl methyl sites for hydroxylation is 1. The third-order valence-electron chi connectivity index (χ3n) is 2.26. The fourth-order valence-electron chi connectivity index (χ4n) is 1.06. The number of hydrogen-bond acceptors (Lipinski definition) is 6. The van der Waals surface area contributed by atoms with Gasteiger partial charge in [0.05, 0.1) is 25.5 Å². The van der Waals surface area contributed by atoms with Crippen LogP contribution < -0.4 is 5.32 Å². The van der Waals surface area contributed by atoms with Crippen LogP contribution in [-0.2, 0) is 0 Å². The summed E-state index contributed by atoms with van der Waals surface area (Å²) >= 11 is 0. The lowest BCUT2D eigenvalue weighted by molar-refractivity contribution is 0.0828. The van der Waals surface area contributed by atoms with Gasteiger partial charge in [0.1, 0.15) is 11.9 Å². The van der Waals surface area contributed by atoms with E-state index in [4.69, 9.17) is 15.3 Å². The predicted molar refractivity (Wildman–Crippen MR) is 54.3 cm³/mol. The lowest BCUT2D eigenvalue weighted by Gasteiger charge is -2.29. The Labute approximate surface area is 91.8 Å². The van der Waals surface area contributed by atoms with Crippen LogP contribution >= 0.6 is 0 Å². The summed E-state index contributed by atoms with van der Waals surface area (Å²) < 4.78 is 13.5. The van der Waals surface area contributed by atoms with Gasteiger partial charge in [0.2, 0.25) is 0 Å². The average molecular weight is 231 g/mol. The molecule has 4 N–H and O–H groups in total. The number of anilines is 1. The molecule has 6 nitrogen and oxygen atoms in total. The topological polar surface area (TPSA) is 98.5 Å². The van der Waals surface area contributed by atoms with Crippen molar-refractivity contribution in [2.75, 3.05) is 25.1 Å². The van der Waals surface area contributed by atoms with Gasteiger partial charge in [-0.05, 0) is 6.92 Å². The second-order valence-electron chi connectivity index (χ2n) is 3.50. The zero-order valence-electron chi connectivity index (χ0n) is 8.81. The Morgan fingerprint density at radius 2 is 1.81 bits per heavy atom. The van der Waals surface area contributed by atoms with Gasteiger partial charge < -0.3 is 20.6 Å². The average Bonchev–Trinajstić information content (AvgIpc) is 2.32. The molecule has 0 spiro atoms. The number of halogens is 1. The largest absolute Gasteiger partial charge is 0.394 e. The van der Waals surface area contributed by atoms with E-state index in [1.807, 2.05) is 0 Å². The van der Waals surface area contributed by atoms with Gasteiger partial charge in [0.25, 0.3) is 0 Å². The molecule has 0 radical (unpaired) electrons. The van der Waals surface area contributed by atoms with E-state index in [0.29, 0.717) is 0 Å². The first-order valence-corrected chi connectivity index (χ1v) is 4.66. The Hall–Kier alpha value is -1.31. The van der Waals surface area contributed by atoms with Crippen molar-refractivity contribution in [1.82, 2.24) is 9.97 Å². The van der Waals surface area contributed by atoms with Gasteiger partial charge in [-0.25, -0.2) is 14.4 Å². The van der Waals surface area contributed by atoms with Crippen LogP contribution in [0.1, 0.15) is 5.69 Å². The van der Waals surface area contributed by atoms with Gasteiger partial charge in [-0.3, -0.25) is 0 Å². The highest BCUT2D eigenvalue weighted by Gasteiger charge is 2.29. The molecule has 1 aromatic rings. The number of nitrogens with one attached hydrogen (secondary N) is 1. The molecular weight excluding hydrogens is 217 g/mol. The smallest absolute Gasteiger partial charge is 0.186 e. The summed E-state index contributed by atoms with van der Waals surface area (Å²) in [6.07, 6.45) is 1.15. The standard InChI is InChI=1S/C9H14FN3O3/c1-6-7(10)8(12-5-11-6)13-9(2-14,3-15)4-16/h5,14-16H,2-4H2,1H3,(H,11,12,13). The Balaban J connectivity index is 2.98. The van der Waals surface area contributed by atoms with Crippen molar-refractivity contribution in [2.24, 2.45) is 0 Å². The maximum atomic E-state index is 13.5. The van der Waals surface area contributed by atoms with Crippen LogP contribution in [0, 0.1) is 12.7 Å². The maximum Gasteiger partial charge on any atom is 0.186 e. The van der Waals surface area contributed by atoms with Crippen molar-refractivity contribution in [3.05, 3.63) is 17.8 Å². The highest BCUT2D eigenvalue weighted by atomic mass is 19.1. The van der Waals surface area contributed by atoms with Gasteiger partial charge in [-0.15, -0.1) is 0 Å². The minimum absolute atomic E-state index is 0.139. The van der Waals surface area contributed by atoms with E-state index in [-0.39, 0.29) is 11.5 Å². The predicted octanol–water partition coefficient (Wildman–Crippen LogP) is -0.948. The fraction of sp³-hybridized carbons (Fsp3) is 0.556. The number of aliphatic hydroxyl groups is 3. The molecule has 1 aromatic heterocycles. The summed E-state index contributed by atoms with van der Waals surface area (Å²) in [5.41, 5.74) is -1.26. The van der Waals surface area contributed by atoms with Crippen LogP contribution in [0.2, 0.25) is 0 Å². The van der Waals surface area contributed by atoms with Gasteiger partial charge in [0, 0.05) is 0 Å². The molecular formula is C9H14FN3O3. The second kappa shape index (κ2) is 5.15. The third-order valence-corrected chi connectivity index (χ3v) is 2.26. The van der Waals surface area contributed by atoms with E-state index in [1.165, 1.54) is 6.92 Å². The summed E-state index contributed by atoms with van der Waals surface area (Å²) in [7, 11) is 0. The van der Waals surface area contributed by atoms with Crippen LogP contribution in [-0.4, -0.2) is 50.6 Å². The highest BCUT2D eigenvalue weighted by Crippen LogP contribution is 2.17. The highest BCUT2D eigenvalue weighted by molar-refractivity contribution is 5.40. The molecule has 0 amide bonds. The molecule has 1 heterocycles. The summed E-state index contributed by atoms with van der Waals surface area (Å²) in [5.74, 6) is -0.841.